The van der Waals surface area contributed by atoms with E-state index in [1.165, 1.54) is 5.01 Å². The maximum absolute atomic E-state index is 12.7. The number of para-hydroxylation sites is 1. The summed E-state index contributed by atoms with van der Waals surface area (Å²) in [7, 11) is 0. The van der Waals surface area contributed by atoms with Crippen LogP contribution in [0, 0.1) is 0 Å². The largest absolute Gasteiger partial charge is 0.546 e. The molecule has 1 aliphatic rings. The van der Waals surface area contributed by atoms with Crippen molar-refractivity contribution in [2.75, 3.05) is 11.6 Å². The molecule has 2 aromatic carbocycles. The minimum Gasteiger partial charge on any atom is -0.546 e. The molecular weight excluding hydrogens is 356 g/mol. The van der Waals surface area contributed by atoms with E-state index in [1.54, 1.807) is 43.3 Å². The lowest BCUT2D eigenvalue weighted by atomic mass is 10.1. The van der Waals surface area contributed by atoms with E-state index in [2.05, 4.69) is 5.10 Å². The fraction of sp³-hybridized carbons (Fsp3) is 0.105. The zero-order valence-corrected chi connectivity index (χ0v) is 14.6. The standard InChI is InChI=1S/C19H15ClN2O4/c1-12-16(19(25)22(21-12)15-5-3-2-4-6-15)10-13-9-14(20)7-8-17(13)26-11-18(23)24/h2-10H,11H2,1H3,(H,23,24)/p-1. The second kappa shape index (κ2) is 7.41. The molecule has 7 heteroatoms. The highest BCUT2D eigenvalue weighted by atomic mass is 35.5. The highest BCUT2D eigenvalue weighted by Crippen LogP contribution is 2.29. The number of benzene rings is 2. The molecule has 0 atom stereocenters. The van der Waals surface area contributed by atoms with Gasteiger partial charge in [-0.1, -0.05) is 29.8 Å². The Kier molecular flexibility index (Phi) is 5.04. The Morgan fingerprint density at radius 2 is 2.00 bits per heavy atom. The number of nitrogens with zero attached hydrogens (tertiary/aromatic N) is 2. The number of amides is 1. The third kappa shape index (κ3) is 3.75. The van der Waals surface area contributed by atoms with Crippen molar-refractivity contribution in [1.29, 1.82) is 0 Å². The van der Waals surface area contributed by atoms with Crippen LogP contribution in [0.25, 0.3) is 6.08 Å². The monoisotopic (exact) mass is 369 g/mol. The van der Waals surface area contributed by atoms with Crippen LogP contribution in [-0.4, -0.2) is 24.2 Å². The second-order valence-electron chi connectivity index (χ2n) is 5.54. The molecule has 1 heterocycles. The van der Waals surface area contributed by atoms with Crippen molar-refractivity contribution in [3.8, 4) is 5.75 Å². The maximum atomic E-state index is 12.7. The number of hydrazone groups is 1. The third-order valence-corrected chi connectivity index (χ3v) is 3.92. The molecule has 1 amide bonds. The van der Waals surface area contributed by atoms with Crippen LogP contribution < -0.4 is 14.9 Å². The average Bonchev–Trinajstić information content (AvgIpc) is 2.90. The topological polar surface area (TPSA) is 82.0 Å². The van der Waals surface area contributed by atoms with E-state index in [0.717, 1.165) is 0 Å². The molecule has 3 rings (SSSR count). The van der Waals surface area contributed by atoms with Gasteiger partial charge in [0, 0.05) is 10.6 Å². The summed E-state index contributed by atoms with van der Waals surface area (Å²) in [6, 6.07) is 13.8. The molecule has 26 heavy (non-hydrogen) atoms. The van der Waals surface area contributed by atoms with Gasteiger partial charge in [0.15, 0.2) is 0 Å². The van der Waals surface area contributed by atoms with E-state index in [0.29, 0.717) is 27.6 Å². The van der Waals surface area contributed by atoms with Gasteiger partial charge in [-0.05, 0) is 43.3 Å². The Hall–Kier alpha value is -3.12. The molecule has 2 aromatic rings. The number of hydrogen-bond acceptors (Lipinski definition) is 5. The van der Waals surface area contributed by atoms with Gasteiger partial charge in [-0.3, -0.25) is 4.79 Å². The minimum atomic E-state index is -1.34. The summed E-state index contributed by atoms with van der Waals surface area (Å²) in [5.41, 5.74) is 2.03. The number of halogens is 1. The van der Waals surface area contributed by atoms with E-state index < -0.39 is 12.6 Å². The first-order valence-electron chi connectivity index (χ1n) is 7.74. The predicted molar refractivity (Wildman–Crippen MR) is 97.0 cm³/mol. The van der Waals surface area contributed by atoms with Crippen LogP contribution in [0.5, 0.6) is 5.75 Å². The molecule has 0 unspecified atom stereocenters. The summed E-state index contributed by atoms with van der Waals surface area (Å²) < 4.78 is 5.22. The lowest BCUT2D eigenvalue weighted by Gasteiger charge is -2.12. The molecule has 0 saturated carbocycles. The Morgan fingerprint density at radius 1 is 1.27 bits per heavy atom. The normalized spacial score (nSPS) is 15.3. The van der Waals surface area contributed by atoms with Crippen molar-refractivity contribution in [3.63, 3.8) is 0 Å². The van der Waals surface area contributed by atoms with Crippen molar-refractivity contribution in [1.82, 2.24) is 0 Å². The average molecular weight is 370 g/mol. The Bertz CT molecular complexity index is 922. The number of rotatable bonds is 5. The van der Waals surface area contributed by atoms with Crippen molar-refractivity contribution in [3.05, 3.63) is 64.7 Å². The van der Waals surface area contributed by atoms with Crippen LogP contribution in [0.2, 0.25) is 5.02 Å². The van der Waals surface area contributed by atoms with Crippen LogP contribution in [0.1, 0.15) is 12.5 Å². The molecule has 132 valence electrons. The van der Waals surface area contributed by atoms with Gasteiger partial charge >= 0.3 is 0 Å². The maximum Gasteiger partial charge on any atom is 0.280 e. The zero-order valence-electron chi connectivity index (χ0n) is 13.8. The zero-order chi connectivity index (χ0) is 18.7. The van der Waals surface area contributed by atoms with Crippen LogP contribution >= 0.6 is 11.6 Å². The Balaban J connectivity index is 1.95. The molecule has 0 aromatic heterocycles. The molecule has 0 spiro atoms. The van der Waals surface area contributed by atoms with Gasteiger partial charge < -0.3 is 14.6 Å². The van der Waals surface area contributed by atoms with Crippen LogP contribution in [0.15, 0.2) is 59.2 Å². The summed E-state index contributed by atoms with van der Waals surface area (Å²) in [5, 5.41) is 16.7. The number of carbonyl (C=O) groups excluding carboxylic acids is 2. The first-order valence-corrected chi connectivity index (χ1v) is 8.12. The van der Waals surface area contributed by atoms with E-state index >= 15 is 0 Å². The summed E-state index contributed by atoms with van der Waals surface area (Å²) >= 11 is 6.02. The van der Waals surface area contributed by atoms with Crippen molar-refractivity contribution < 1.29 is 19.4 Å². The Labute approximate surface area is 155 Å². The summed E-state index contributed by atoms with van der Waals surface area (Å²) in [4.78, 5) is 23.4. The van der Waals surface area contributed by atoms with E-state index in [4.69, 9.17) is 16.3 Å². The van der Waals surface area contributed by atoms with Gasteiger partial charge in [0.1, 0.15) is 12.4 Å². The van der Waals surface area contributed by atoms with E-state index in [1.807, 2.05) is 18.2 Å². The Morgan fingerprint density at radius 3 is 2.69 bits per heavy atom. The fourth-order valence-corrected chi connectivity index (χ4v) is 2.66. The van der Waals surface area contributed by atoms with Crippen LogP contribution in [-0.2, 0) is 9.59 Å². The smallest absolute Gasteiger partial charge is 0.280 e. The third-order valence-electron chi connectivity index (χ3n) is 3.68. The lowest BCUT2D eigenvalue weighted by Crippen LogP contribution is -2.29. The molecular formula is C19H14ClN2O4-. The minimum absolute atomic E-state index is 0.282. The van der Waals surface area contributed by atoms with Crippen molar-refractivity contribution in [2.45, 2.75) is 6.92 Å². The van der Waals surface area contributed by atoms with E-state index in [9.17, 15) is 14.7 Å². The number of carbonyl (C=O) groups is 2. The molecule has 0 saturated heterocycles. The number of aliphatic carboxylic acids is 1. The molecule has 0 aliphatic carbocycles. The van der Waals surface area contributed by atoms with Gasteiger partial charge in [0.25, 0.3) is 5.91 Å². The van der Waals surface area contributed by atoms with Gasteiger partial charge in [0.2, 0.25) is 0 Å². The SMILES string of the molecule is CC1=NN(c2ccccc2)C(=O)C1=Cc1cc(Cl)ccc1OCC(=O)[O-]. The van der Waals surface area contributed by atoms with Crippen molar-refractivity contribution >= 4 is 41.0 Å². The molecule has 0 bridgehead atoms. The molecule has 6 nitrogen and oxygen atoms in total. The number of ether oxygens (including phenoxy) is 1. The second-order valence-corrected chi connectivity index (χ2v) is 5.98. The van der Waals surface area contributed by atoms with E-state index in [-0.39, 0.29) is 11.7 Å². The first-order chi connectivity index (χ1) is 12.5. The highest BCUT2D eigenvalue weighted by molar-refractivity contribution is 6.33. The van der Waals surface area contributed by atoms with Gasteiger partial charge in [-0.15, -0.1) is 0 Å². The van der Waals surface area contributed by atoms with Gasteiger partial charge in [-0.25, -0.2) is 0 Å². The van der Waals surface area contributed by atoms with Crippen LogP contribution in [0.4, 0.5) is 5.69 Å². The number of carboxylic acids is 1. The fourth-order valence-electron chi connectivity index (χ4n) is 2.48. The van der Waals surface area contributed by atoms with Gasteiger partial charge in [-0.2, -0.15) is 10.1 Å². The molecule has 1 aliphatic heterocycles. The highest BCUT2D eigenvalue weighted by Gasteiger charge is 2.28. The predicted octanol–water partition coefficient (Wildman–Crippen LogP) is 2.27. The molecule has 0 radical (unpaired) electrons. The summed E-state index contributed by atoms with van der Waals surface area (Å²) in [6.45, 7) is 1.12. The quantitative estimate of drug-likeness (QED) is 0.757. The number of anilines is 1. The number of carboxylic acid groups (broad SMARTS) is 1. The van der Waals surface area contributed by atoms with Gasteiger partial charge in [0.05, 0.1) is 22.9 Å². The first kappa shape index (κ1) is 17.7. The summed E-state index contributed by atoms with van der Waals surface area (Å²) in [6.07, 6.45) is 1.58. The molecule has 0 N–H and O–H groups in total. The summed E-state index contributed by atoms with van der Waals surface area (Å²) in [5.74, 6) is -1.35. The lowest BCUT2D eigenvalue weighted by molar-refractivity contribution is -0.307. The van der Waals surface area contributed by atoms with Crippen LogP contribution in [0.3, 0.4) is 0 Å². The van der Waals surface area contributed by atoms with Crippen molar-refractivity contribution in [2.24, 2.45) is 5.10 Å². The number of hydrogen-bond donors (Lipinski definition) is 0. The molecule has 0 fully saturated rings.